The lowest BCUT2D eigenvalue weighted by Crippen LogP contribution is -2.46. The summed E-state index contributed by atoms with van der Waals surface area (Å²) < 4.78 is 0. The second kappa shape index (κ2) is 6.93. The number of rotatable bonds is 6. The highest BCUT2D eigenvalue weighted by Crippen LogP contribution is 2.06. The molecule has 0 fully saturated rings. The van der Waals surface area contributed by atoms with Gasteiger partial charge in [-0.1, -0.05) is 12.2 Å². The van der Waals surface area contributed by atoms with Gasteiger partial charge in [0.2, 0.25) is 0 Å². The summed E-state index contributed by atoms with van der Waals surface area (Å²) in [7, 11) is 1.69. The van der Waals surface area contributed by atoms with Gasteiger partial charge in [-0.05, 0) is 20.8 Å². The predicted molar refractivity (Wildman–Crippen MR) is 66.9 cm³/mol. The Morgan fingerprint density at radius 1 is 1.35 bits per heavy atom. The maximum Gasteiger partial charge on any atom is 0.320 e. The molecule has 2 amide bonds. The molecule has 5 heteroatoms. The highest BCUT2D eigenvalue weighted by atomic mass is 16.4. The average Bonchev–Trinajstić information content (AvgIpc) is 2.15. The van der Waals surface area contributed by atoms with Crippen LogP contribution in [-0.2, 0) is 4.79 Å². The van der Waals surface area contributed by atoms with Crippen LogP contribution in [0.4, 0.5) is 4.79 Å². The number of urea groups is 1. The van der Waals surface area contributed by atoms with Gasteiger partial charge in [0, 0.05) is 26.2 Å². The molecule has 0 bridgehead atoms. The van der Waals surface area contributed by atoms with Gasteiger partial charge in [0.15, 0.2) is 0 Å². The number of hydrogen-bond donors (Lipinski definition) is 1. The molecule has 0 aromatic rings. The quantitative estimate of drug-likeness (QED) is 0.722. The third-order valence-corrected chi connectivity index (χ3v) is 2.27. The Morgan fingerprint density at radius 3 is 2.24 bits per heavy atom. The molecule has 0 rings (SSSR count). The summed E-state index contributed by atoms with van der Waals surface area (Å²) >= 11 is 0. The van der Waals surface area contributed by atoms with Gasteiger partial charge in [-0.25, -0.2) is 4.79 Å². The Balaban J connectivity index is 4.53. The number of amides is 2. The van der Waals surface area contributed by atoms with Crippen molar-refractivity contribution in [3.63, 3.8) is 0 Å². The van der Waals surface area contributed by atoms with Crippen molar-refractivity contribution < 1.29 is 14.7 Å². The van der Waals surface area contributed by atoms with E-state index in [-0.39, 0.29) is 25.0 Å². The third kappa shape index (κ3) is 5.94. The zero-order chi connectivity index (χ0) is 13.6. The Kier molecular flexibility index (Phi) is 6.31. The van der Waals surface area contributed by atoms with Crippen molar-refractivity contribution in [2.75, 3.05) is 20.1 Å². The number of carboxylic acid groups (broad SMARTS) is 1. The molecule has 0 spiro atoms. The summed E-state index contributed by atoms with van der Waals surface area (Å²) in [4.78, 5) is 25.7. The summed E-state index contributed by atoms with van der Waals surface area (Å²) in [5.74, 6) is -0.897. The Labute approximate surface area is 103 Å². The first-order valence-electron chi connectivity index (χ1n) is 5.63. The van der Waals surface area contributed by atoms with Gasteiger partial charge >= 0.3 is 12.0 Å². The van der Waals surface area contributed by atoms with E-state index in [9.17, 15) is 9.59 Å². The van der Waals surface area contributed by atoms with Crippen LogP contribution in [0.25, 0.3) is 0 Å². The van der Waals surface area contributed by atoms with Crippen molar-refractivity contribution in [2.45, 2.75) is 33.2 Å². The molecule has 0 saturated heterocycles. The summed E-state index contributed by atoms with van der Waals surface area (Å²) in [5, 5.41) is 8.64. The van der Waals surface area contributed by atoms with Crippen molar-refractivity contribution in [1.29, 1.82) is 0 Å². The number of aliphatic carboxylic acids is 1. The summed E-state index contributed by atoms with van der Waals surface area (Å²) in [5.41, 5.74) is 0.891. The second-order valence-corrected chi connectivity index (χ2v) is 4.53. The van der Waals surface area contributed by atoms with Crippen molar-refractivity contribution in [1.82, 2.24) is 9.80 Å². The van der Waals surface area contributed by atoms with Crippen LogP contribution < -0.4 is 0 Å². The first kappa shape index (κ1) is 15.5. The SMILES string of the molecule is C=C(C)CN(C)C(=O)N(CCC(=O)O)C(C)C. The molecule has 17 heavy (non-hydrogen) atoms. The normalized spacial score (nSPS) is 10.2. The van der Waals surface area contributed by atoms with E-state index >= 15 is 0 Å². The van der Waals surface area contributed by atoms with Crippen LogP contribution in [-0.4, -0.2) is 53.1 Å². The molecule has 0 aromatic heterocycles. The van der Waals surface area contributed by atoms with Gasteiger partial charge in [0.05, 0.1) is 6.42 Å². The first-order valence-corrected chi connectivity index (χ1v) is 5.63. The molecule has 0 aliphatic rings. The lowest BCUT2D eigenvalue weighted by Gasteiger charge is -2.31. The van der Waals surface area contributed by atoms with Crippen LogP contribution in [0.2, 0.25) is 0 Å². The van der Waals surface area contributed by atoms with E-state index in [1.807, 2.05) is 20.8 Å². The number of carbonyl (C=O) groups excluding carboxylic acids is 1. The largest absolute Gasteiger partial charge is 0.481 e. The van der Waals surface area contributed by atoms with E-state index in [0.29, 0.717) is 6.54 Å². The first-order chi connectivity index (χ1) is 7.75. The Bertz CT molecular complexity index is 300. The summed E-state index contributed by atoms with van der Waals surface area (Å²) in [6, 6.07) is -0.182. The zero-order valence-electron chi connectivity index (χ0n) is 11.1. The van der Waals surface area contributed by atoms with E-state index in [1.54, 1.807) is 16.8 Å². The number of nitrogens with zero attached hydrogens (tertiary/aromatic N) is 2. The molecular weight excluding hydrogens is 220 g/mol. The van der Waals surface area contributed by atoms with Crippen LogP contribution in [0.1, 0.15) is 27.2 Å². The van der Waals surface area contributed by atoms with Gasteiger partial charge in [0.25, 0.3) is 0 Å². The fourth-order valence-electron chi connectivity index (χ4n) is 1.48. The average molecular weight is 242 g/mol. The molecular formula is C12H22N2O3. The minimum Gasteiger partial charge on any atom is -0.481 e. The number of likely N-dealkylation sites (N-methyl/N-ethyl adjacent to an activating group) is 1. The van der Waals surface area contributed by atoms with Crippen molar-refractivity contribution >= 4 is 12.0 Å². The molecule has 0 aliphatic carbocycles. The fraction of sp³-hybridized carbons (Fsp3) is 0.667. The van der Waals surface area contributed by atoms with Crippen LogP contribution >= 0.6 is 0 Å². The Hall–Kier alpha value is -1.52. The predicted octanol–water partition coefficient (Wildman–Crippen LogP) is 1.80. The van der Waals surface area contributed by atoms with E-state index in [1.165, 1.54) is 0 Å². The molecule has 0 aliphatic heterocycles. The van der Waals surface area contributed by atoms with Crippen molar-refractivity contribution in [3.8, 4) is 0 Å². The van der Waals surface area contributed by atoms with Gasteiger partial charge < -0.3 is 14.9 Å². The molecule has 1 N–H and O–H groups in total. The fourth-order valence-corrected chi connectivity index (χ4v) is 1.48. The van der Waals surface area contributed by atoms with Crippen molar-refractivity contribution in [3.05, 3.63) is 12.2 Å². The molecule has 0 heterocycles. The summed E-state index contributed by atoms with van der Waals surface area (Å²) in [6.07, 6.45) is -0.0369. The molecule has 5 nitrogen and oxygen atoms in total. The van der Waals surface area contributed by atoms with Gasteiger partial charge in [0.1, 0.15) is 0 Å². The lowest BCUT2D eigenvalue weighted by molar-refractivity contribution is -0.137. The molecule has 0 atom stereocenters. The molecule has 0 radical (unpaired) electrons. The van der Waals surface area contributed by atoms with Gasteiger partial charge in [-0.2, -0.15) is 0 Å². The molecule has 0 aromatic carbocycles. The minimum atomic E-state index is -0.897. The van der Waals surface area contributed by atoms with Crippen LogP contribution in [0.15, 0.2) is 12.2 Å². The van der Waals surface area contributed by atoms with Gasteiger partial charge in [-0.3, -0.25) is 4.79 Å². The molecule has 98 valence electrons. The van der Waals surface area contributed by atoms with Crippen LogP contribution in [0.3, 0.4) is 0 Å². The lowest BCUT2D eigenvalue weighted by atomic mass is 10.3. The molecule has 0 saturated carbocycles. The zero-order valence-corrected chi connectivity index (χ0v) is 11.1. The summed E-state index contributed by atoms with van der Waals surface area (Å²) in [6.45, 7) is 10.0. The maximum absolute atomic E-state index is 12.1. The van der Waals surface area contributed by atoms with Crippen LogP contribution in [0.5, 0.6) is 0 Å². The number of hydrogen-bond acceptors (Lipinski definition) is 2. The van der Waals surface area contributed by atoms with E-state index in [0.717, 1.165) is 5.57 Å². The number of carbonyl (C=O) groups is 2. The highest BCUT2D eigenvalue weighted by molar-refractivity contribution is 5.75. The van der Waals surface area contributed by atoms with Gasteiger partial charge in [-0.15, -0.1) is 0 Å². The Morgan fingerprint density at radius 2 is 1.88 bits per heavy atom. The van der Waals surface area contributed by atoms with Crippen molar-refractivity contribution in [2.24, 2.45) is 0 Å². The van der Waals surface area contributed by atoms with E-state index < -0.39 is 5.97 Å². The number of carboxylic acids is 1. The smallest absolute Gasteiger partial charge is 0.320 e. The maximum atomic E-state index is 12.1. The van der Waals surface area contributed by atoms with E-state index in [4.69, 9.17) is 5.11 Å². The third-order valence-electron chi connectivity index (χ3n) is 2.27. The monoisotopic (exact) mass is 242 g/mol. The van der Waals surface area contributed by atoms with E-state index in [2.05, 4.69) is 6.58 Å². The standard InChI is InChI=1S/C12H22N2O3/c1-9(2)8-13(5)12(17)14(10(3)4)7-6-11(15)16/h10H,1,6-8H2,2-5H3,(H,15,16). The second-order valence-electron chi connectivity index (χ2n) is 4.53. The van der Waals surface area contributed by atoms with Crippen LogP contribution in [0, 0.1) is 0 Å². The topological polar surface area (TPSA) is 60.9 Å². The molecule has 0 unspecified atom stereocenters. The minimum absolute atomic E-state index is 0.0191. The highest BCUT2D eigenvalue weighted by Gasteiger charge is 2.21.